The highest BCUT2D eigenvalue weighted by Gasteiger charge is 2.25. The summed E-state index contributed by atoms with van der Waals surface area (Å²) < 4.78 is 0.822. The minimum atomic E-state index is -0.742. The Hall–Kier alpha value is -0.620. The Bertz CT molecular complexity index is 416. The van der Waals surface area contributed by atoms with Crippen molar-refractivity contribution in [1.82, 2.24) is 9.80 Å². The molecule has 0 spiro atoms. The van der Waals surface area contributed by atoms with E-state index in [1.54, 1.807) is 18.3 Å². The molecule has 4 nitrogen and oxygen atoms in total. The molecule has 1 saturated heterocycles. The molecule has 6 heteroatoms. The van der Waals surface area contributed by atoms with Gasteiger partial charge in [-0.1, -0.05) is 11.6 Å². The van der Waals surface area contributed by atoms with Crippen LogP contribution < -0.4 is 0 Å². The summed E-state index contributed by atoms with van der Waals surface area (Å²) in [6.45, 7) is 6.10. The number of nitrogens with zero attached hydrogens (tertiary/aromatic N) is 2. The first kappa shape index (κ1) is 13.8. The molecular weight excluding hydrogens is 272 g/mol. The number of carboxylic acid groups (broad SMARTS) is 1. The number of rotatable bonds is 4. The van der Waals surface area contributed by atoms with Crippen molar-refractivity contribution in [2.75, 3.05) is 26.2 Å². The smallest absolute Gasteiger partial charge is 0.320 e. The third-order valence-corrected chi connectivity index (χ3v) is 4.54. The van der Waals surface area contributed by atoms with Gasteiger partial charge in [-0.05, 0) is 19.1 Å². The van der Waals surface area contributed by atoms with Crippen LogP contribution in [-0.4, -0.2) is 53.1 Å². The second-order valence-electron chi connectivity index (χ2n) is 4.53. The Kier molecular flexibility index (Phi) is 4.61. The quantitative estimate of drug-likeness (QED) is 0.920. The second-order valence-corrected chi connectivity index (χ2v) is 6.33. The molecule has 0 aliphatic carbocycles. The Balaban J connectivity index is 1.81. The SMILES string of the molecule is CC(C(=O)O)N1CCN(Cc2ccc(Cl)s2)CC1. The highest BCUT2D eigenvalue weighted by atomic mass is 35.5. The summed E-state index contributed by atoms with van der Waals surface area (Å²) in [5.74, 6) is -0.742. The van der Waals surface area contributed by atoms with Gasteiger partial charge in [0.05, 0.1) is 4.34 Å². The molecule has 0 saturated carbocycles. The molecular formula is C12H17ClN2O2S. The van der Waals surface area contributed by atoms with Gasteiger partial charge in [-0.15, -0.1) is 11.3 Å². The van der Waals surface area contributed by atoms with E-state index in [-0.39, 0.29) is 6.04 Å². The molecule has 100 valence electrons. The van der Waals surface area contributed by atoms with Gasteiger partial charge in [-0.3, -0.25) is 14.6 Å². The van der Waals surface area contributed by atoms with Gasteiger partial charge in [-0.2, -0.15) is 0 Å². The van der Waals surface area contributed by atoms with Gasteiger partial charge in [0.2, 0.25) is 0 Å². The number of carboxylic acids is 1. The van der Waals surface area contributed by atoms with Crippen LogP contribution in [-0.2, 0) is 11.3 Å². The number of piperazine rings is 1. The maximum Gasteiger partial charge on any atom is 0.320 e. The van der Waals surface area contributed by atoms with Crippen molar-refractivity contribution in [2.45, 2.75) is 19.5 Å². The lowest BCUT2D eigenvalue weighted by molar-refractivity contribution is -0.143. The van der Waals surface area contributed by atoms with Crippen LogP contribution in [0.2, 0.25) is 4.34 Å². The monoisotopic (exact) mass is 288 g/mol. The number of hydrogen-bond acceptors (Lipinski definition) is 4. The summed E-state index contributed by atoms with van der Waals surface area (Å²) in [4.78, 5) is 16.5. The molecule has 0 amide bonds. The van der Waals surface area contributed by atoms with Crippen molar-refractivity contribution in [3.63, 3.8) is 0 Å². The zero-order valence-electron chi connectivity index (χ0n) is 10.3. The Labute approximate surface area is 116 Å². The molecule has 1 aromatic rings. The predicted molar refractivity (Wildman–Crippen MR) is 73.3 cm³/mol. The van der Waals surface area contributed by atoms with Crippen molar-refractivity contribution >= 4 is 28.9 Å². The van der Waals surface area contributed by atoms with Gasteiger partial charge >= 0.3 is 5.97 Å². The first-order valence-electron chi connectivity index (χ1n) is 5.99. The highest BCUT2D eigenvalue weighted by Crippen LogP contribution is 2.23. The van der Waals surface area contributed by atoms with Gasteiger partial charge in [-0.25, -0.2) is 0 Å². The zero-order valence-corrected chi connectivity index (χ0v) is 11.9. The van der Waals surface area contributed by atoms with Gasteiger partial charge < -0.3 is 5.11 Å². The van der Waals surface area contributed by atoms with E-state index in [2.05, 4.69) is 11.0 Å². The summed E-state index contributed by atoms with van der Waals surface area (Å²) in [6.07, 6.45) is 0. The average Bonchev–Trinajstić information content (AvgIpc) is 2.75. The van der Waals surface area contributed by atoms with Crippen LogP contribution in [0.25, 0.3) is 0 Å². The first-order chi connectivity index (χ1) is 8.56. The second kappa shape index (κ2) is 6.02. The third-order valence-electron chi connectivity index (χ3n) is 3.32. The van der Waals surface area contributed by atoms with Crippen LogP contribution in [0.1, 0.15) is 11.8 Å². The number of carbonyl (C=O) groups is 1. The van der Waals surface area contributed by atoms with Crippen LogP contribution in [0, 0.1) is 0 Å². The fraction of sp³-hybridized carbons (Fsp3) is 0.583. The van der Waals surface area contributed by atoms with Crippen LogP contribution in [0.3, 0.4) is 0 Å². The van der Waals surface area contributed by atoms with E-state index in [1.807, 2.05) is 11.0 Å². The lowest BCUT2D eigenvalue weighted by atomic mass is 10.2. The molecule has 1 aliphatic rings. The molecule has 18 heavy (non-hydrogen) atoms. The van der Waals surface area contributed by atoms with Gasteiger partial charge in [0.25, 0.3) is 0 Å². The average molecular weight is 289 g/mol. The van der Waals surface area contributed by atoms with Gasteiger partial charge in [0, 0.05) is 37.6 Å². The summed E-state index contributed by atoms with van der Waals surface area (Å²) in [6, 6.07) is 3.59. The number of thiophene rings is 1. The molecule has 1 atom stereocenters. The third kappa shape index (κ3) is 3.45. The molecule has 1 fully saturated rings. The zero-order chi connectivity index (χ0) is 13.1. The Morgan fingerprint density at radius 2 is 2.11 bits per heavy atom. The fourth-order valence-corrected chi connectivity index (χ4v) is 3.25. The van der Waals surface area contributed by atoms with E-state index in [4.69, 9.17) is 16.7 Å². The molecule has 0 bridgehead atoms. The molecule has 0 radical (unpaired) electrons. The summed E-state index contributed by atoms with van der Waals surface area (Å²) in [5.41, 5.74) is 0. The maximum atomic E-state index is 10.9. The lowest BCUT2D eigenvalue weighted by Crippen LogP contribution is -2.51. The van der Waals surface area contributed by atoms with E-state index in [0.29, 0.717) is 0 Å². The summed E-state index contributed by atoms with van der Waals surface area (Å²) >= 11 is 7.51. The van der Waals surface area contributed by atoms with Crippen LogP contribution in [0.4, 0.5) is 0 Å². The Morgan fingerprint density at radius 3 is 2.61 bits per heavy atom. The lowest BCUT2D eigenvalue weighted by Gasteiger charge is -2.36. The van der Waals surface area contributed by atoms with Crippen LogP contribution in [0.15, 0.2) is 12.1 Å². The van der Waals surface area contributed by atoms with Gasteiger partial charge in [0.1, 0.15) is 6.04 Å². The van der Waals surface area contributed by atoms with E-state index < -0.39 is 5.97 Å². The van der Waals surface area contributed by atoms with E-state index >= 15 is 0 Å². The molecule has 2 rings (SSSR count). The molecule has 1 N–H and O–H groups in total. The van der Waals surface area contributed by atoms with Crippen molar-refractivity contribution in [3.8, 4) is 0 Å². The fourth-order valence-electron chi connectivity index (χ4n) is 2.12. The molecule has 0 aromatic carbocycles. The standard InChI is InChI=1S/C12H17ClN2O2S/c1-9(12(16)17)15-6-4-14(5-7-15)8-10-2-3-11(13)18-10/h2-3,9H,4-8H2,1H3,(H,16,17). The topological polar surface area (TPSA) is 43.8 Å². The normalized spacial score (nSPS) is 19.9. The van der Waals surface area contributed by atoms with Gasteiger partial charge in [0.15, 0.2) is 0 Å². The number of halogens is 1. The van der Waals surface area contributed by atoms with Crippen LogP contribution >= 0.6 is 22.9 Å². The van der Waals surface area contributed by atoms with Crippen molar-refractivity contribution in [2.24, 2.45) is 0 Å². The predicted octanol–water partition coefficient (Wildman–Crippen LogP) is 1.99. The van der Waals surface area contributed by atoms with Crippen molar-refractivity contribution in [3.05, 3.63) is 21.3 Å². The highest BCUT2D eigenvalue weighted by molar-refractivity contribution is 7.16. The van der Waals surface area contributed by atoms with Crippen molar-refractivity contribution in [1.29, 1.82) is 0 Å². The Morgan fingerprint density at radius 1 is 1.44 bits per heavy atom. The van der Waals surface area contributed by atoms with Crippen molar-refractivity contribution < 1.29 is 9.90 Å². The van der Waals surface area contributed by atoms with Crippen LogP contribution in [0.5, 0.6) is 0 Å². The summed E-state index contributed by atoms with van der Waals surface area (Å²) in [7, 11) is 0. The van der Waals surface area contributed by atoms with E-state index in [9.17, 15) is 4.79 Å². The van der Waals surface area contributed by atoms with E-state index in [1.165, 1.54) is 4.88 Å². The molecule has 1 aromatic heterocycles. The van der Waals surface area contributed by atoms with E-state index in [0.717, 1.165) is 37.1 Å². The number of aliphatic carboxylic acids is 1. The minimum Gasteiger partial charge on any atom is -0.480 e. The largest absolute Gasteiger partial charge is 0.480 e. The molecule has 1 unspecified atom stereocenters. The maximum absolute atomic E-state index is 10.9. The molecule has 1 aliphatic heterocycles. The first-order valence-corrected chi connectivity index (χ1v) is 7.19. The minimum absolute atomic E-state index is 0.386. The number of hydrogen-bond donors (Lipinski definition) is 1. The molecule has 2 heterocycles. The summed E-state index contributed by atoms with van der Waals surface area (Å²) in [5, 5.41) is 8.97.